The molecule has 1 aromatic carbocycles. The van der Waals surface area contributed by atoms with Crippen molar-refractivity contribution < 1.29 is 31.5 Å². The summed E-state index contributed by atoms with van der Waals surface area (Å²) in [5.41, 5.74) is 1.09. The molecule has 0 saturated heterocycles. The van der Waals surface area contributed by atoms with Crippen molar-refractivity contribution in [1.82, 2.24) is 45.1 Å². The van der Waals surface area contributed by atoms with Crippen molar-refractivity contribution in [3.05, 3.63) is 77.4 Å². The Labute approximate surface area is 320 Å². The molecule has 1 fully saturated rings. The quantitative estimate of drug-likeness (QED) is 0.116. The van der Waals surface area contributed by atoms with E-state index in [2.05, 4.69) is 40.4 Å². The van der Waals surface area contributed by atoms with Gasteiger partial charge in [-0.1, -0.05) is 32.0 Å². The Kier molecular flexibility index (Phi) is 13.6. The number of nitrogens with one attached hydrogen (secondary N) is 1. The summed E-state index contributed by atoms with van der Waals surface area (Å²) >= 11 is 2.49. The van der Waals surface area contributed by atoms with Gasteiger partial charge in [-0.25, -0.2) is 31.8 Å². The number of anilines is 2. The van der Waals surface area contributed by atoms with Crippen LogP contribution < -0.4 is 8.61 Å². The summed E-state index contributed by atoms with van der Waals surface area (Å²) in [6.07, 6.45) is 7.20. The van der Waals surface area contributed by atoms with E-state index in [-0.39, 0.29) is 31.9 Å². The number of halogens is 2. The van der Waals surface area contributed by atoms with Crippen LogP contribution in [0.4, 0.5) is 20.2 Å². The van der Waals surface area contributed by atoms with E-state index < -0.39 is 32.4 Å². The first-order chi connectivity index (χ1) is 26.0. The molecular weight excluding hydrogens is 785 g/mol. The first-order valence-electron chi connectivity index (χ1n) is 16.9. The summed E-state index contributed by atoms with van der Waals surface area (Å²) in [5.74, 6) is 0.327. The highest BCUT2D eigenvalue weighted by atomic mass is 32.2. The number of para-hydroxylation sites is 1. The number of hydrogen-bond acceptors (Lipinski definition) is 14. The van der Waals surface area contributed by atoms with Crippen LogP contribution in [0.15, 0.2) is 65.9 Å². The molecular formula is C32H41F2N11O5S4. The molecule has 54 heavy (non-hydrogen) atoms. The molecule has 5 heterocycles. The van der Waals surface area contributed by atoms with Crippen LogP contribution in [0.2, 0.25) is 0 Å². The van der Waals surface area contributed by atoms with Crippen molar-refractivity contribution in [2.24, 2.45) is 5.92 Å². The van der Waals surface area contributed by atoms with Crippen molar-refractivity contribution in [2.45, 2.75) is 66.6 Å². The smallest absolute Gasteiger partial charge is 0.314 e. The van der Waals surface area contributed by atoms with Gasteiger partial charge in [0.2, 0.25) is 20.0 Å². The predicted octanol–water partition coefficient (Wildman–Crippen LogP) is 6.65. The lowest BCUT2D eigenvalue weighted by atomic mass is 10.3. The van der Waals surface area contributed by atoms with E-state index >= 15 is 0 Å². The summed E-state index contributed by atoms with van der Waals surface area (Å²) in [7, 11) is -6.97. The third kappa shape index (κ3) is 10.3. The van der Waals surface area contributed by atoms with Gasteiger partial charge in [0.1, 0.15) is 21.2 Å². The van der Waals surface area contributed by atoms with Gasteiger partial charge in [-0.15, -0.1) is 32.9 Å². The molecule has 0 amide bonds. The zero-order valence-corrected chi connectivity index (χ0v) is 33.0. The van der Waals surface area contributed by atoms with Crippen molar-refractivity contribution >= 4 is 54.1 Å². The highest BCUT2D eigenvalue weighted by molar-refractivity contribution is 7.93. The number of aromatic amines is 1. The number of rotatable bonds is 15. The van der Waals surface area contributed by atoms with Gasteiger partial charge in [0.15, 0.2) is 5.82 Å². The standard InChI is InChI=1S/C16H18F2N6O3S2.C14H15N5O2S2.C2H6.H2/c1-2-29(25,26)24(11-5-20-23(8-11)7-10-3-4-10)9-13-19-6-12(28-13)15-21-22-16(27-15)14(17)18;1-2-23(20,21)19(11-6-4-3-5-7-11)9-13-15-8-12(22-13)14-16-10-17-18-14;1-2;/h5-6,8,10,14H,2-4,7,9H2,1H3;3-8,10H,2,9H2,1H3,(H,16,17,18);1-2H3;1H. The molecule has 0 unspecified atom stereocenters. The average molecular weight is 826 g/mol. The molecule has 7 rings (SSSR count). The van der Waals surface area contributed by atoms with Crippen LogP contribution in [0, 0.1) is 5.92 Å². The van der Waals surface area contributed by atoms with Crippen molar-refractivity contribution in [3.63, 3.8) is 0 Å². The van der Waals surface area contributed by atoms with E-state index in [0.717, 1.165) is 35.6 Å². The average Bonchev–Trinajstić information content (AvgIpc) is 3.83. The zero-order chi connectivity index (χ0) is 38.9. The van der Waals surface area contributed by atoms with Crippen molar-refractivity contribution in [1.29, 1.82) is 0 Å². The summed E-state index contributed by atoms with van der Waals surface area (Å²) in [5, 5.41) is 18.9. The Bertz CT molecular complexity index is 2280. The summed E-state index contributed by atoms with van der Waals surface area (Å²) in [4.78, 5) is 13.8. The Morgan fingerprint density at radius 2 is 1.50 bits per heavy atom. The monoisotopic (exact) mass is 825 g/mol. The highest BCUT2D eigenvalue weighted by Gasteiger charge is 2.27. The van der Waals surface area contributed by atoms with Gasteiger partial charge >= 0.3 is 6.43 Å². The molecule has 0 bridgehead atoms. The van der Waals surface area contributed by atoms with E-state index in [0.29, 0.717) is 38.0 Å². The first-order valence-corrected chi connectivity index (χ1v) is 21.8. The van der Waals surface area contributed by atoms with Crippen molar-refractivity contribution in [2.75, 3.05) is 20.1 Å². The molecule has 5 aromatic heterocycles. The van der Waals surface area contributed by atoms with Crippen LogP contribution in [0.1, 0.15) is 64.3 Å². The predicted molar refractivity (Wildman–Crippen MR) is 204 cm³/mol. The normalized spacial score (nSPS) is 12.9. The largest absolute Gasteiger partial charge is 0.414 e. The minimum atomic E-state index is -3.58. The summed E-state index contributed by atoms with van der Waals surface area (Å²) in [6.45, 7) is 8.15. The molecule has 1 aliphatic carbocycles. The maximum Gasteiger partial charge on any atom is 0.314 e. The number of hydrogen-bond donors (Lipinski definition) is 1. The van der Waals surface area contributed by atoms with Crippen LogP contribution in [0.25, 0.3) is 21.5 Å². The van der Waals surface area contributed by atoms with E-state index in [1.165, 1.54) is 38.7 Å². The molecule has 1 aliphatic rings. The zero-order valence-electron chi connectivity index (χ0n) is 29.8. The molecule has 0 aliphatic heterocycles. The van der Waals surface area contributed by atoms with Gasteiger partial charge in [0, 0.05) is 20.4 Å². The molecule has 6 aromatic rings. The number of nitrogens with zero attached hydrogens (tertiary/aromatic N) is 10. The minimum absolute atomic E-state index is 0. The van der Waals surface area contributed by atoms with Crippen LogP contribution >= 0.6 is 22.7 Å². The third-order valence-electron chi connectivity index (χ3n) is 7.65. The highest BCUT2D eigenvalue weighted by Crippen LogP contribution is 2.33. The summed E-state index contributed by atoms with van der Waals surface area (Å²) < 4.78 is 84.7. The Morgan fingerprint density at radius 3 is 2.06 bits per heavy atom. The SMILES string of the molecule is CC.CCS(=O)(=O)N(Cc1ncc(-c2ncn[nH]2)s1)c1ccccc1.CCS(=O)(=O)N(Cc1ncc(-c2nnc(C(F)F)o2)s1)c1cnn(CC2CC2)c1.[HH]. The van der Waals surface area contributed by atoms with Crippen LogP contribution in [0.5, 0.6) is 0 Å². The van der Waals surface area contributed by atoms with Gasteiger partial charge in [0.25, 0.3) is 11.8 Å². The van der Waals surface area contributed by atoms with Gasteiger partial charge in [-0.3, -0.25) is 18.4 Å². The lowest BCUT2D eigenvalue weighted by Gasteiger charge is -2.22. The minimum Gasteiger partial charge on any atom is -0.414 e. The maximum absolute atomic E-state index is 12.6. The second kappa shape index (κ2) is 18.1. The van der Waals surface area contributed by atoms with E-state index in [1.807, 2.05) is 32.0 Å². The fraction of sp³-hybridized carbons (Fsp3) is 0.406. The maximum atomic E-state index is 12.6. The Balaban J connectivity index is 0.000000236. The second-order valence-electron chi connectivity index (χ2n) is 11.3. The molecule has 292 valence electrons. The first kappa shape index (κ1) is 40.5. The number of sulfonamides is 2. The number of alkyl halides is 2. The topological polar surface area (TPSA) is 199 Å². The molecule has 22 heteroatoms. The molecule has 1 N–H and O–H groups in total. The third-order valence-corrected chi connectivity index (χ3v) is 13.1. The molecule has 0 atom stereocenters. The summed E-state index contributed by atoms with van der Waals surface area (Å²) in [6, 6.07) is 9.03. The molecule has 16 nitrogen and oxygen atoms in total. The lowest BCUT2D eigenvalue weighted by Crippen LogP contribution is -2.31. The molecule has 0 spiro atoms. The van der Waals surface area contributed by atoms with E-state index in [1.54, 1.807) is 43.1 Å². The fourth-order valence-corrected chi connectivity index (χ4v) is 8.68. The van der Waals surface area contributed by atoms with Crippen LogP contribution in [0.3, 0.4) is 0 Å². The Morgan fingerprint density at radius 1 is 0.889 bits per heavy atom. The van der Waals surface area contributed by atoms with E-state index in [4.69, 9.17) is 4.42 Å². The van der Waals surface area contributed by atoms with Gasteiger partial charge in [0.05, 0.1) is 53.2 Å². The Hall–Kier alpha value is -4.67. The van der Waals surface area contributed by atoms with Crippen LogP contribution in [-0.4, -0.2) is 73.5 Å². The van der Waals surface area contributed by atoms with E-state index in [9.17, 15) is 25.6 Å². The lowest BCUT2D eigenvalue weighted by molar-refractivity contribution is 0.116. The molecule has 0 radical (unpaired) electrons. The fourth-order valence-electron chi connectivity index (χ4n) is 4.72. The molecule has 1 saturated carbocycles. The second-order valence-corrected chi connectivity index (χ2v) is 17.9. The number of benzene rings is 1. The van der Waals surface area contributed by atoms with Crippen LogP contribution in [-0.2, 0) is 39.7 Å². The number of H-pyrrole nitrogens is 1. The number of aromatic nitrogens is 9. The van der Waals surface area contributed by atoms with Gasteiger partial charge in [-0.05, 0) is 44.7 Å². The van der Waals surface area contributed by atoms with Crippen molar-refractivity contribution in [3.8, 4) is 21.5 Å². The van der Waals surface area contributed by atoms with Gasteiger partial charge < -0.3 is 4.42 Å². The van der Waals surface area contributed by atoms with Gasteiger partial charge in [-0.2, -0.15) is 19.0 Å². The number of thiazole rings is 2.